The van der Waals surface area contributed by atoms with Gasteiger partial charge in [-0.25, -0.2) is 0 Å². The summed E-state index contributed by atoms with van der Waals surface area (Å²) in [5.41, 5.74) is 5.19. The quantitative estimate of drug-likeness (QED) is 0.242. The molecule has 0 fully saturated rings. The van der Waals surface area contributed by atoms with Crippen molar-refractivity contribution in [2.45, 2.75) is 37.9 Å². The van der Waals surface area contributed by atoms with E-state index in [9.17, 15) is 4.79 Å². The summed E-state index contributed by atoms with van der Waals surface area (Å²) >= 11 is 1.41. The second kappa shape index (κ2) is 9.23. The van der Waals surface area contributed by atoms with Gasteiger partial charge in [-0.3, -0.25) is 9.36 Å². The highest BCUT2D eigenvalue weighted by Crippen LogP contribution is 2.46. The molecule has 2 aromatic carbocycles. The number of allylic oxidation sites excluding steroid dienone is 2. The summed E-state index contributed by atoms with van der Waals surface area (Å²) in [6.45, 7) is 6.85. The molecule has 7 heteroatoms. The smallest absolute Gasteiger partial charge is 0.192 e. The first-order valence-electron chi connectivity index (χ1n) is 11.6. The number of fused-ring (bicyclic) bond motifs is 1. The Morgan fingerprint density at radius 3 is 2.51 bits per heavy atom. The number of hydrogen-bond acceptors (Lipinski definition) is 6. The van der Waals surface area contributed by atoms with Crippen molar-refractivity contribution in [2.24, 2.45) is 0 Å². The third-order valence-electron chi connectivity index (χ3n) is 6.58. The number of aromatic nitrogens is 3. The van der Waals surface area contributed by atoms with Gasteiger partial charge in [-0.05, 0) is 30.2 Å². The molecule has 3 heterocycles. The second-order valence-electron chi connectivity index (χ2n) is 9.25. The van der Waals surface area contributed by atoms with Crippen LogP contribution in [0, 0.1) is 6.92 Å². The Balaban J connectivity index is 1.40. The molecule has 0 saturated carbocycles. The molecular weight excluding hydrogens is 456 g/mol. The normalized spacial score (nSPS) is 15.5. The van der Waals surface area contributed by atoms with Crippen LogP contribution in [-0.2, 0) is 16.8 Å². The molecule has 1 aliphatic rings. The van der Waals surface area contributed by atoms with Crippen LogP contribution in [-0.4, -0.2) is 33.3 Å². The van der Waals surface area contributed by atoms with Gasteiger partial charge < -0.3 is 9.32 Å². The van der Waals surface area contributed by atoms with Crippen molar-refractivity contribution in [2.75, 3.05) is 17.7 Å². The molecule has 4 aromatic rings. The summed E-state index contributed by atoms with van der Waals surface area (Å²) in [5, 5.41) is 9.60. The maximum atomic E-state index is 13.1. The number of aryl methyl sites for hydroxylation is 1. The van der Waals surface area contributed by atoms with Crippen LogP contribution in [0.3, 0.4) is 0 Å². The minimum Gasteiger partial charge on any atom is -0.469 e. The summed E-state index contributed by atoms with van der Waals surface area (Å²) in [6.07, 6.45) is 3.44. The maximum absolute atomic E-state index is 13.1. The molecule has 0 N–H and O–H groups in total. The van der Waals surface area contributed by atoms with Crippen LogP contribution in [0.2, 0.25) is 0 Å². The lowest BCUT2D eigenvalue weighted by atomic mass is 9.83. The Bertz CT molecular complexity index is 1400. The van der Waals surface area contributed by atoms with Crippen LogP contribution in [0.1, 0.15) is 30.7 Å². The first-order chi connectivity index (χ1) is 16.9. The van der Waals surface area contributed by atoms with E-state index in [0.29, 0.717) is 11.7 Å². The zero-order valence-electron chi connectivity index (χ0n) is 20.4. The Morgan fingerprint density at radius 2 is 1.80 bits per heavy atom. The van der Waals surface area contributed by atoms with E-state index in [1.54, 1.807) is 12.3 Å². The predicted octanol–water partition coefficient (Wildman–Crippen LogP) is 5.87. The Labute approximate surface area is 209 Å². The number of nitrogens with zero attached hydrogens (tertiary/aromatic N) is 4. The van der Waals surface area contributed by atoms with E-state index in [1.165, 1.54) is 17.3 Å². The third kappa shape index (κ3) is 4.32. The van der Waals surface area contributed by atoms with E-state index >= 15 is 0 Å². The Hall–Kier alpha value is -3.58. The van der Waals surface area contributed by atoms with E-state index in [2.05, 4.69) is 57.8 Å². The Kier molecular flexibility index (Phi) is 6.11. The average Bonchev–Trinajstić information content (AvgIpc) is 3.50. The van der Waals surface area contributed by atoms with Gasteiger partial charge in [0, 0.05) is 29.9 Å². The zero-order valence-corrected chi connectivity index (χ0v) is 21.2. The molecule has 0 atom stereocenters. The van der Waals surface area contributed by atoms with Crippen LogP contribution < -0.4 is 4.90 Å². The molecule has 0 radical (unpaired) electrons. The number of thioether (sulfide) groups is 1. The van der Waals surface area contributed by atoms with Crippen molar-refractivity contribution in [3.05, 3.63) is 95.6 Å². The largest absolute Gasteiger partial charge is 0.469 e. The van der Waals surface area contributed by atoms with Crippen LogP contribution >= 0.6 is 11.8 Å². The third-order valence-corrected chi connectivity index (χ3v) is 7.57. The van der Waals surface area contributed by atoms with Gasteiger partial charge >= 0.3 is 0 Å². The monoisotopic (exact) mass is 484 g/mol. The topological polar surface area (TPSA) is 64.2 Å². The van der Waals surface area contributed by atoms with Crippen LogP contribution in [0.4, 0.5) is 5.69 Å². The lowest BCUT2D eigenvalue weighted by Gasteiger charge is -2.23. The van der Waals surface area contributed by atoms with E-state index < -0.39 is 0 Å². The number of benzene rings is 2. The number of likely N-dealkylation sites (N-methyl/N-ethyl adjacent to an activating group) is 1. The molecule has 0 amide bonds. The molecule has 35 heavy (non-hydrogen) atoms. The molecule has 6 nitrogen and oxygen atoms in total. The average molecular weight is 485 g/mol. The highest BCUT2D eigenvalue weighted by atomic mass is 32.2. The fourth-order valence-corrected chi connectivity index (χ4v) is 5.47. The van der Waals surface area contributed by atoms with E-state index in [4.69, 9.17) is 4.42 Å². The van der Waals surface area contributed by atoms with Gasteiger partial charge in [-0.1, -0.05) is 74.1 Å². The highest BCUT2D eigenvalue weighted by molar-refractivity contribution is 7.99. The van der Waals surface area contributed by atoms with Gasteiger partial charge in [0.15, 0.2) is 16.8 Å². The molecule has 0 spiro atoms. The number of anilines is 1. The summed E-state index contributed by atoms with van der Waals surface area (Å²) < 4.78 is 7.56. The highest BCUT2D eigenvalue weighted by Gasteiger charge is 2.38. The number of rotatable bonds is 7. The van der Waals surface area contributed by atoms with Crippen molar-refractivity contribution in [1.29, 1.82) is 0 Å². The first-order valence-corrected chi connectivity index (χ1v) is 12.6. The first kappa shape index (κ1) is 23.2. The van der Waals surface area contributed by atoms with Gasteiger partial charge in [0.2, 0.25) is 0 Å². The second-order valence-corrected chi connectivity index (χ2v) is 10.2. The molecule has 0 saturated heterocycles. The number of ketones is 1. The van der Waals surface area contributed by atoms with E-state index in [-0.39, 0.29) is 17.0 Å². The van der Waals surface area contributed by atoms with Gasteiger partial charge in [0.25, 0.3) is 0 Å². The van der Waals surface area contributed by atoms with Crippen molar-refractivity contribution in [1.82, 2.24) is 14.8 Å². The van der Waals surface area contributed by atoms with Gasteiger partial charge in [0.1, 0.15) is 5.76 Å². The molecule has 0 unspecified atom stereocenters. The minimum absolute atomic E-state index is 0.0491. The van der Waals surface area contributed by atoms with Crippen LogP contribution in [0.25, 0.3) is 11.4 Å². The molecular formula is C28H28N4O2S. The molecule has 5 rings (SSSR count). The fraction of sp³-hybridized carbons (Fsp3) is 0.250. The summed E-state index contributed by atoms with van der Waals surface area (Å²) in [7, 11) is 2.02. The SMILES string of the molecule is Cc1occc1-c1nnc(SCC(=O)C=C2N(C)c3ccccc3C2(C)C)n1Cc1ccccc1. The van der Waals surface area contributed by atoms with Crippen molar-refractivity contribution in [3.63, 3.8) is 0 Å². The van der Waals surface area contributed by atoms with Crippen molar-refractivity contribution < 1.29 is 9.21 Å². The molecule has 1 aliphatic heterocycles. The molecule has 0 bridgehead atoms. The van der Waals surface area contributed by atoms with Crippen molar-refractivity contribution >= 4 is 23.2 Å². The number of furan rings is 1. The lowest BCUT2D eigenvalue weighted by Crippen LogP contribution is -2.24. The fourth-order valence-electron chi connectivity index (χ4n) is 4.71. The standard InChI is InChI=1S/C28H28N4O2S/c1-19-22(14-15-34-19)26-29-30-27(32(26)17-20-10-6-5-7-11-20)35-18-21(33)16-25-28(2,3)23-12-8-9-13-24(23)31(25)4/h5-16H,17-18H2,1-4H3. The van der Waals surface area contributed by atoms with Crippen LogP contribution in [0.15, 0.2) is 88.3 Å². The number of para-hydroxylation sites is 1. The molecule has 2 aromatic heterocycles. The number of hydrogen-bond donors (Lipinski definition) is 0. The van der Waals surface area contributed by atoms with E-state index in [0.717, 1.165) is 34.1 Å². The van der Waals surface area contributed by atoms with Gasteiger partial charge in [-0.2, -0.15) is 0 Å². The van der Waals surface area contributed by atoms with Gasteiger partial charge in [-0.15, -0.1) is 10.2 Å². The summed E-state index contributed by atoms with van der Waals surface area (Å²) in [6, 6.07) is 20.4. The summed E-state index contributed by atoms with van der Waals surface area (Å²) in [4.78, 5) is 15.2. The lowest BCUT2D eigenvalue weighted by molar-refractivity contribution is -0.112. The number of carbonyl (C=O) groups is 1. The predicted molar refractivity (Wildman–Crippen MR) is 140 cm³/mol. The zero-order chi connectivity index (χ0) is 24.6. The molecule has 178 valence electrons. The number of carbonyl (C=O) groups excluding carboxylic acids is 1. The van der Waals surface area contributed by atoms with Crippen LogP contribution in [0.5, 0.6) is 0 Å². The van der Waals surface area contributed by atoms with Gasteiger partial charge in [0.05, 0.1) is 24.1 Å². The summed E-state index contributed by atoms with van der Waals surface area (Å²) in [5.74, 6) is 1.85. The van der Waals surface area contributed by atoms with E-state index in [1.807, 2.05) is 50.4 Å². The Morgan fingerprint density at radius 1 is 1.06 bits per heavy atom. The maximum Gasteiger partial charge on any atom is 0.192 e. The van der Waals surface area contributed by atoms with Crippen molar-refractivity contribution in [3.8, 4) is 11.4 Å². The minimum atomic E-state index is -0.231. The molecule has 0 aliphatic carbocycles.